The van der Waals surface area contributed by atoms with E-state index in [4.69, 9.17) is 10.5 Å². The van der Waals surface area contributed by atoms with E-state index in [1.54, 1.807) is 37.4 Å². The first-order valence-corrected chi connectivity index (χ1v) is 7.96. The van der Waals surface area contributed by atoms with Crippen molar-refractivity contribution in [3.8, 4) is 6.07 Å². The Morgan fingerprint density at radius 1 is 1.43 bits per heavy atom. The van der Waals surface area contributed by atoms with Crippen LogP contribution in [0.4, 0.5) is 5.69 Å². The van der Waals surface area contributed by atoms with E-state index in [0.717, 1.165) is 10.6 Å². The lowest BCUT2D eigenvalue weighted by Gasteiger charge is -2.09. The van der Waals surface area contributed by atoms with E-state index in [2.05, 4.69) is 11.4 Å². The van der Waals surface area contributed by atoms with E-state index in [1.165, 1.54) is 11.3 Å². The normalized spacial score (nSPS) is 12.3. The molecule has 0 spiro atoms. The predicted octanol–water partition coefficient (Wildman–Crippen LogP) is 3.44. The fourth-order valence-electron chi connectivity index (χ4n) is 1.89. The maximum Gasteiger partial charge on any atom is 0.338 e. The van der Waals surface area contributed by atoms with Gasteiger partial charge in [0.15, 0.2) is 0 Å². The van der Waals surface area contributed by atoms with Gasteiger partial charge in [0.25, 0.3) is 0 Å². The van der Waals surface area contributed by atoms with Crippen molar-refractivity contribution in [2.45, 2.75) is 13.0 Å². The van der Waals surface area contributed by atoms with Crippen molar-refractivity contribution in [2.24, 2.45) is 5.73 Å². The van der Waals surface area contributed by atoms with Crippen molar-refractivity contribution >= 4 is 23.0 Å². The number of anilines is 1. The van der Waals surface area contributed by atoms with E-state index < -0.39 is 6.04 Å². The van der Waals surface area contributed by atoms with Gasteiger partial charge in [0.05, 0.1) is 29.9 Å². The van der Waals surface area contributed by atoms with Gasteiger partial charge in [-0.3, -0.25) is 0 Å². The van der Waals surface area contributed by atoms with Crippen LogP contribution >= 0.6 is 11.3 Å². The van der Waals surface area contributed by atoms with Crippen molar-refractivity contribution in [2.75, 3.05) is 11.9 Å². The van der Waals surface area contributed by atoms with Crippen LogP contribution in [0.3, 0.4) is 0 Å². The van der Waals surface area contributed by atoms with Gasteiger partial charge < -0.3 is 15.8 Å². The Morgan fingerprint density at radius 2 is 2.17 bits per heavy atom. The SMILES string of the molecule is CCOC(=O)c1ccc(NC=C(C#N)C(N)c2cccs2)cc1. The molecule has 0 aliphatic heterocycles. The lowest BCUT2D eigenvalue weighted by Crippen LogP contribution is -2.12. The molecular formula is C17H17N3O2S. The molecule has 0 saturated carbocycles. The maximum atomic E-state index is 11.6. The van der Waals surface area contributed by atoms with Crippen molar-refractivity contribution in [1.29, 1.82) is 5.26 Å². The number of carbonyl (C=O) groups excluding carboxylic acids is 1. The highest BCUT2D eigenvalue weighted by Crippen LogP contribution is 2.23. The van der Waals surface area contributed by atoms with Gasteiger partial charge in [0.2, 0.25) is 0 Å². The Labute approximate surface area is 139 Å². The molecule has 0 aliphatic carbocycles. The van der Waals surface area contributed by atoms with Crippen LogP contribution in [0.25, 0.3) is 0 Å². The van der Waals surface area contributed by atoms with Crippen molar-refractivity contribution in [3.63, 3.8) is 0 Å². The Kier molecular flexibility index (Phi) is 5.92. The number of hydrogen-bond acceptors (Lipinski definition) is 6. The van der Waals surface area contributed by atoms with E-state index in [1.807, 2.05) is 17.5 Å². The van der Waals surface area contributed by atoms with Crippen LogP contribution in [0.2, 0.25) is 0 Å². The van der Waals surface area contributed by atoms with Crippen LogP contribution in [0, 0.1) is 11.3 Å². The maximum absolute atomic E-state index is 11.6. The van der Waals surface area contributed by atoms with Crippen molar-refractivity contribution < 1.29 is 9.53 Å². The standard InChI is InChI=1S/C17H17N3O2S/c1-2-22-17(21)12-5-7-14(8-6-12)20-11-13(10-18)16(19)15-4-3-9-23-15/h3-9,11,16,20H,2,19H2,1H3. The summed E-state index contributed by atoms with van der Waals surface area (Å²) in [5.74, 6) is -0.355. The smallest absolute Gasteiger partial charge is 0.338 e. The molecule has 1 atom stereocenters. The van der Waals surface area contributed by atoms with Crippen LogP contribution in [-0.2, 0) is 4.74 Å². The molecule has 2 aromatic rings. The number of nitrogens with two attached hydrogens (primary N) is 1. The van der Waals surface area contributed by atoms with Gasteiger partial charge in [-0.05, 0) is 42.6 Å². The summed E-state index contributed by atoms with van der Waals surface area (Å²) in [6.07, 6.45) is 1.59. The summed E-state index contributed by atoms with van der Waals surface area (Å²) in [7, 11) is 0. The topological polar surface area (TPSA) is 88.1 Å². The molecule has 0 saturated heterocycles. The molecule has 1 aromatic heterocycles. The number of nitrogens with zero attached hydrogens (tertiary/aromatic N) is 1. The van der Waals surface area contributed by atoms with E-state index in [9.17, 15) is 10.1 Å². The van der Waals surface area contributed by atoms with Crippen molar-refractivity contribution in [3.05, 3.63) is 64.0 Å². The van der Waals surface area contributed by atoms with Crippen LogP contribution in [-0.4, -0.2) is 12.6 Å². The molecule has 0 aliphatic rings. The molecule has 1 heterocycles. The van der Waals surface area contributed by atoms with Gasteiger partial charge in [-0.2, -0.15) is 5.26 Å². The zero-order valence-corrected chi connectivity index (χ0v) is 13.5. The quantitative estimate of drug-likeness (QED) is 0.627. The molecule has 1 unspecified atom stereocenters. The van der Waals surface area contributed by atoms with Gasteiger partial charge >= 0.3 is 5.97 Å². The predicted molar refractivity (Wildman–Crippen MR) is 91.0 cm³/mol. The summed E-state index contributed by atoms with van der Waals surface area (Å²) in [6, 6.07) is 12.3. The third-order valence-corrected chi connectivity index (χ3v) is 4.06. The molecule has 0 fully saturated rings. The highest BCUT2D eigenvalue weighted by molar-refractivity contribution is 7.10. The number of nitrogens with one attached hydrogen (secondary N) is 1. The number of hydrogen-bond donors (Lipinski definition) is 2. The minimum Gasteiger partial charge on any atom is -0.462 e. The number of esters is 1. The molecule has 23 heavy (non-hydrogen) atoms. The van der Waals surface area contributed by atoms with E-state index in [0.29, 0.717) is 17.7 Å². The Bertz CT molecular complexity index is 715. The fourth-order valence-corrected chi connectivity index (χ4v) is 2.64. The summed E-state index contributed by atoms with van der Waals surface area (Å²) < 4.78 is 4.93. The minimum absolute atomic E-state index is 0.341. The Hall–Kier alpha value is -2.62. The van der Waals surface area contributed by atoms with Crippen LogP contribution in [0.5, 0.6) is 0 Å². The summed E-state index contributed by atoms with van der Waals surface area (Å²) in [6.45, 7) is 2.10. The van der Waals surface area contributed by atoms with Gasteiger partial charge in [0, 0.05) is 16.8 Å². The molecule has 6 heteroatoms. The van der Waals surface area contributed by atoms with E-state index >= 15 is 0 Å². The van der Waals surface area contributed by atoms with Crippen LogP contribution in [0.1, 0.15) is 28.2 Å². The number of rotatable bonds is 6. The zero-order chi connectivity index (χ0) is 16.7. The van der Waals surface area contributed by atoms with Gasteiger partial charge in [-0.25, -0.2) is 4.79 Å². The number of benzene rings is 1. The molecule has 0 bridgehead atoms. The third-order valence-electron chi connectivity index (χ3n) is 3.10. The summed E-state index contributed by atoms with van der Waals surface area (Å²) >= 11 is 1.51. The highest BCUT2D eigenvalue weighted by atomic mass is 32.1. The van der Waals surface area contributed by atoms with Gasteiger partial charge in [0.1, 0.15) is 0 Å². The number of thiophene rings is 1. The lowest BCUT2D eigenvalue weighted by molar-refractivity contribution is 0.0526. The average Bonchev–Trinajstić information content (AvgIpc) is 3.10. The summed E-state index contributed by atoms with van der Waals surface area (Å²) in [5, 5.41) is 14.2. The Balaban J connectivity index is 2.06. The minimum atomic E-state index is -0.452. The fraction of sp³-hybridized carbons (Fsp3) is 0.176. The number of nitriles is 1. The summed E-state index contributed by atoms with van der Waals surface area (Å²) in [4.78, 5) is 12.5. The molecule has 5 nitrogen and oxygen atoms in total. The average molecular weight is 327 g/mol. The largest absolute Gasteiger partial charge is 0.462 e. The molecule has 0 amide bonds. The molecular weight excluding hydrogens is 310 g/mol. The Morgan fingerprint density at radius 3 is 2.74 bits per heavy atom. The first-order chi connectivity index (χ1) is 11.2. The molecule has 0 radical (unpaired) electrons. The van der Waals surface area contributed by atoms with Crippen LogP contribution < -0.4 is 11.1 Å². The second kappa shape index (κ2) is 8.13. The third kappa shape index (κ3) is 4.42. The van der Waals surface area contributed by atoms with E-state index in [-0.39, 0.29) is 5.97 Å². The second-order valence-corrected chi connectivity index (χ2v) is 5.63. The highest BCUT2D eigenvalue weighted by Gasteiger charge is 2.12. The second-order valence-electron chi connectivity index (χ2n) is 4.65. The zero-order valence-electron chi connectivity index (χ0n) is 12.7. The molecule has 2 rings (SSSR count). The first kappa shape index (κ1) is 16.7. The van der Waals surface area contributed by atoms with Crippen LogP contribution in [0.15, 0.2) is 53.6 Å². The van der Waals surface area contributed by atoms with Gasteiger partial charge in [-0.1, -0.05) is 6.07 Å². The first-order valence-electron chi connectivity index (χ1n) is 7.08. The number of ether oxygens (including phenoxy) is 1. The van der Waals surface area contributed by atoms with Gasteiger partial charge in [-0.15, -0.1) is 11.3 Å². The molecule has 1 aromatic carbocycles. The lowest BCUT2D eigenvalue weighted by atomic mass is 10.1. The monoisotopic (exact) mass is 327 g/mol. The summed E-state index contributed by atoms with van der Waals surface area (Å²) in [5.41, 5.74) is 7.74. The number of carbonyl (C=O) groups is 1. The molecule has 3 N–H and O–H groups in total. The molecule has 118 valence electrons. The van der Waals surface area contributed by atoms with Crippen molar-refractivity contribution in [1.82, 2.24) is 0 Å².